The molecule has 0 amide bonds. The number of benzene rings is 1. The molecule has 6 heteroatoms. The van der Waals surface area contributed by atoms with E-state index >= 15 is 0 Å². The van der Waals surface area contributed by atoms with Crippen LogP contribution in [0, 0.1) is 5.41 Å². The van der Waals surface area contributed by atoms with Gasteiger partial charge in [0.05, 0.1) is 6.42 Å². The molecule has 1 aromatic heterocycles. The van der Waals surface area contributed by atoms with Crippen LogP contribution in [0.1, 0.15) is 26.2 Å². The molecule has 20 heavy (non-hydrogen) atoms. The second-order valence-corrected chi connectivity index (χ2v) is 5.46. The van der Waals surface area contributed by atoms with Crippen LogP contribution in [0.3, 0.4) is 0 Å². The Labute approximate surface area is 116 Å². The number of aromatic nitrogens is 2. The van der Waals surface area contributed by atoms with Crippen LogP contribution in [0.5, 0.6) is 5.75 Å². The molecule has 6 nitrogen and oxygen atoms in total. The molecule has 0 aliphatic heterocycles. The van der Waals surface area contributed by atoms with Gasteiger partial charge in [0.15, 0.2) is 0 Å². The zero-order valence-electron chi connectivity index (χ0n) is 11.3. The Balaban J connectivity index is 2.15. The number of aromatic hydroxyl groups is 1. The van der Waals surface area contributed by atoms with E-state index in [-0.39, 0.29) is 12.2 Å². The van der Waals surface area contributed by atoms with E-state index in [0.717, 1.165) is 0 Å². The van der Waals surface area contributed by atoms with Crippen LogP contribution in [0.15, 0.2) is 28.7 Å². The van der Waals surface area contributed by atoms with Gasteiger partial charge < -0.3 is 14.6 Å². The Kier molecular flexibility index (Phi) is 3.74. The number of aliphatic carboxylic acids is 1. The van der Waals surface area contributed by atoms with Crippen LogP contribution >= 0.6 is 0 Å². The molecule has 1 heterocycles. The minimum absolute atomic E-state index is 0.0246. The van der Waals surface area contributed by atoms with Gasteiger partial charge in [-0.15, -0.1) is 10.2 Å². The van der Waals surface area contributed by atoms with Crippen molar-refractivity contribution in [3.63, 3.8) is 0 Å². The number of carboxylic acid groups (broad SMARTS) is 1. The number of rotatable bonds is 5. The average molecular weight is 276 g/mol. The number of phenols is 1. The molecule has 0 unspecified atom stereocenters. The highest BCUT2D eigenvalue weighted by Gasteiger charge is 2.25. The van der Waals surface area contributed by atoms with Crippen LogP contribution < -0.4 is 0 Å². The maximum absolute atomic E-state index is 10.8. The Morgan fingerprint density at radius 2 is 2.10 bits per heavy atom. The first-order valence-corrected chi connectivity index (χ1v) is 6.19. The van der Waals surface area contributed by atoms with Gasteiger partial charge in [-0.25, -0.2) is 0 Å². The van der Waals surface area contributed by atoms with E-state index in [2.05, 4.69) is 10.2 Å². The van der Waals surface area contributed by atoms with E-state index in [9.17, 15) is 9.90 Å². The van der Waals surface area contributed by atoms with Gasteiger partial charge in [0.1, 0.15) is 5.75 Å². The summed E-state index contributed by atoms with van der Waals surface area (Å²) in [5.74, 6) is -0.0483. The van der Waals surface area contributed by atoms with Crippen LogP contribution in [-0.2, 0) is 11.2 Å². The first-order valence-electron chi connectivity index (χ1n) is 6.19. The number of hydrogen-bond acceptors (Lipinski definition) is 5. The van der Waals surface area contributed by atoms with Gasteiger partial charge in [0.2, 0.25) is 11.8 Å². The van der Waals surface area contributed by atoms with Gasteiger partial charge >= 0.3 is 5.97 Å². The van der Waals surface area contributed by atoms with Crippen molar-refractivity contribution >= 4 is 5.97 Å². The van der Waals surface area contributed by atoms with Crippen molar-refractivity contribution in [2.45, 2.75) is 26.7 Å². The predicted octanol–water partition coefficient (Wildman–Crippen LogP) is 2.49. The van der Waals surface area contributed by atoms with Crippen molar-refractivity contribution in [2.75, 3.05) is 0 Å². The molecule has 0 bridgehead atoms. The zero-order chi connectivity index (χ0) is 14.8. The Morgan fingerprint density at radius 3 is 2.75 bits per heavy atom. The molecule has 0 spiro atoms. The number of hydrogen-bond donors (Lipinski definition) is 2. The van der Waals surface area contributed by atoms with Gasteiger partial charge in [0, 0.05) is 12.0 Å². The maximum atomic E-state index is 10.8. The second kappa shape index (κ2) is 5.32. The fourth-order valence-corrected chi connectivity index (χ4v) is 1.96. The van der Waals surface area contributed by atoms with Gasteiger partial charge in [-0.2, -0.15) is 0 Å². The van der Waals surface area contributed by atoms with Crippen molar-refractivity contribution in [3.8, 4) is 17.2 Å². The molecular weight excluding hydrogens is 260 g/mol. The summed E-state index contributed by atoms with van der Waals surface area (Å²) in [6.45, 7) is 3.67. The first-order chi connectivity index (χ1) is 9.35. The predicted molar refractivity (Wildman–Crippen MR) is 71.1 cm³/mol. The van der Waals surface area contributed by atoms with E-state index in [1.54, 1.807) is 18.2 Å². The Morgan fingerprint density at radius 1 is 1.35 bits per heavy atom. The summed E-state index contributed by atoms with van der Waals surface area (Å²) in [5.41, 5.74) is 0.161. The molecule has 0 saturated heterocycles. The molecule has 0 aliphatic carbocycles. The molecular formula is C14H16N2O4. The summed E-state index contributed by atoms with van der Waals surface area (Å²) in [4.78, 5) is 10.8. The maximum Gasteiger partial charge on any atom is 0.303 e. The van der Waals surface area contributed by atoms with Gasteiger partial charge in [-0.1, -0.05) is 19.9 Å². The van der Waals surface area contributed by atoms with Crippen molar-refractivity contribution < 1.29 is 19.4 Å². The van der Waals surface area contributed by atoms with Crippen LogP contribution in [0.2, 0.25) is 0 Å². The molecule has 2 aromatic rings. The van der Waals surface area contributed by atoms with Crippen molar-refractivity contribution in [1.29, 1.82) is 0 Å². The third kappa shape index (κ3) is 3.57. The number of phenolic OH excluding ortho intramolecular Hbond substituents is 1. The lowest BCUT2D eigenvalue weighted by Gasteiger charge is -2.19. The monoisotopic (exact) mass is 276 g/mol. The third-order valence-electron chi connectivity index (χ3n) is 2.82. The lowest BCUT2D eigenvalue weighted by molar-refractivity contribution is -0.139. The van der Waals surface area contributed by atoms with E-state index in [4.69, 9.17) is 9.52 Å². The second-order valence-electron chi connectivity index (χ2n) is 5.46. The average Bonchev–Trinajstić information content (AvgIpc) is 2.74. The fraction of sp³-hybridized carbons (Fsp3) is 0.357. The lowest BCUT2D eigenvalue weighted by atomic mass is 9.86. The fourth-order valence-electron chi connectivity index (χ4n) is 1.96. The highest BCUT2D eigenvalue weighted by molar-refractivity contribution is 5.67. The van der Waals surface area contributed by atoms with Crippen LogP contribution in [-0.4, -0.2) is 26.4 Å². The minimum atomic E-state index is -0.859. The van der Waals surface area contributed by atoms with Crippen molar-refractivity contribution in [3.05, 3.63) is 30.2 Å². The lowest BCUT2D eigenvalue weighted by Crippen LogP contribution is -2.19. The van der Waals surface area contributed by atoms with E-state index < -0.39 is 11.4 Å². The Hall–Kier alpha value is -2.37. The number of carboxylic acids is 1. The SMILES string of the molecule is CC(C)(CC(=O)O)Cc1nnc(-c2cccc(O)c2)o1. The van der Waals surface area contributed by atoms with Crippen molar-refractivity contribution in [2.24, 2.45) is 5.41 Å². The van der Waals surface area contributed by atoms with E-state index in [1.807, 2.05) is 13.8 Å². The molecule has 0 aliphatic rings. The van der Waals surface area contributed by atoms with Gasteiger partial charge in [-0.3, -0.25) is 4.79 Å². The normalized spacial score (nSPS) is 11.5. The molecule has 2 N–H and O–H groups in total. The third-order valence-corrected chi connectivity index (χ3v) is 2.82. The number of carbonyl (C=O) groups is 1. The van der Waals surface area contributed by atoms with Crippen LogP contribution in [0.25, 0.3) is 11.5 Å². The molecule has 106 valence electrons. The van der Waals surface area contributed by atoms with Gasteiger partial charge in [0.25, 0.3) is 0 Å². The largest absolute Gasteiger partial charge is 0.508 e. The molecule has 0 radical (unpaired) electrons. The molecule has 0 saturated carbocycles. The Bertz CT molecular complexity index is 619. The standard InChI is InChI=1S/C14H16N2O4/c1-14(2,8-12(18)19)7-11-15-16-13(20-11)9-4-3-5-10(17)6-9/h3-6,17H,7-8H2,1-2H3,(H,18,19). The first kappa shape index (κ1) is 14.0. The summed E-state index contributed by atoms with van der Waals surface area (Å²) < 4.78 is 5.52. The van der Waals surface area contributed by atoms with E-state index in [0.29, 0.717) is 23.8 Å². The smallest absolute Gasteiger partial charge is 0.303 e. The summed E-state index contributed by atoms with van der Waals surface area (Å²) in [5, 5.41) is 26.1. The summed E-state index contributed by atoms with van der Waals surface area (Å²) >= 11 is 0. The highest BCUT2D eigenvalue weighted by Crippen LogP contribution is 2.27. The summed E-state index contributed by atoms with van der Waals surface area (Å²) in [7, 11) is 0. The highest BCUT2D eigenvalue weighted by atomic mass is 16.4. The topological polar surface area (TPSA) is 96.5 Å². The van der Waals surface area contributed by atoms with Gasteiger partial charge in [-0.05, 0) is 23.6 Å². The summed E-state index contributed by atoms with van der Waals surface area (Å²) in [6, 6.07) is 6.51. The summed E-state index contributed by atoms with van der Waals surface area (Å²) in [6.07, 6.45) is 0.405. The molecule has 1 aromatic carbocycles. The number of nitrogens with zero attached hydrogens (tertiary/aromatic N) is 2. The zero-order valence-corrected chi connectivity index (χ0v) is 11.3. The van der Waals surface area contributed by atoms with E-state index in [1.165, 1.54) is 6.07 Å². The quantitative estimate of drug-likeness (QED) is 0.870. The molecule has 2 rings (SSSR count). The van der Waals surface area contributed by atoms with Crippen molar-refractivity contribution in [1.82, 2.24) is 10.2 Å². The minimum Gasteiger partial charge on any atom is -0.508 e. The van der Waals surface area contributed by atoms with Crippen LogP contribution in [0.4, 0.5) is 0 Å². The molecule has 0 atom stereocenters. The molecule has 0 fully saturated rings.